The summed E-state index contributed by atoms with van der Waals surface area (Å²) >= 11 is 0. The normalized spacial score (nSPS) is 33.1. The van der Waals surface area contributed by atoms with Crippen molar-refractivity contribution in [1.82, 2.24) is 0 Å². The molecule has 0 radical (unpaired) electrons. The molecule has 0 saturated heterocycles. The molecule has 0 spiro atoms. The molecular formula is C14H22O. The van der Waals surface area contributed by atoms with E-state index in [-0.39, 0.29) is 10.8 Å². The fraction of sp³-hybridized carbons (Fsp3) is 0.786. The molecule has 2 aliphatic rings. The Labute approximate surface area is 92.9 Å². The van der Waals surface area contributed by atoms with Crippen LogP contribution in [-0.2, 0) is 4.79 Å². The summed E-state index contributed by atoms with van der Waals surface area (Å²) in [6.07, 6.45) is 2.97. The van der Waals surface area contributed by atoms with Gasteiger partial charge >= 0.3 is 0 Å². The molecule has 0 aromatic carbocycles. The van der Waals surface area contributed by atoms with Gasteiger partial charge in [-0.1, -0.05) is 40.2 Å². The highest BCUT2D eigenvalue weighted by molar-refractivity contribution is 5.98. The van der Waals surface area contributed by atoms with Crippen LogP contribution in [0.3, 0.4) is 0 Å². The lowest BCUT2D eigenvalue weighted by molar-refractivity contribution is -0.116. The summed E-state index contributed by atoms with van der Waals surface area (Å²) in [6, 6.07) is 0. The van der Waals surface area contributed by atoms with Gasteiger partial charge in [0.15, 0.2) is 5.78 Å². The monoisotopic (exact) mass is 206 g/mol. The minimum atomic E-state index is 0.192. The van der Waals surface area contributed by atoms with Crippen LogP contribution >= 0.6 is 0 Å². The largest absolute Gasteiger partial charge is 0.295 e. The zero-order valence-electron chi connectivity index (χ0n) is 10.6. The van der Waals surface area contributed by atoms with Gasteiger partial charge in [-0.2, -0.15) is 0 Å². The van der Waals surface area contributed by atoms with E-state index in [4.69, 9.17) is 0 Å². The van der Waals surface area contributed by atoms with Crippen molar-refractivity contribution < 1.29 is 4.79 Å². The lowest BCUT2D eigenvalue weighted by Gasteiger charge is -2.40. The fourth-order valence-electron chi connectivity index (χ4n) is 3.31. The Bertz CT molecular complexity index is 344. The highest BCUT2D eigenvalue weighted by Gasteiger charge is 2.53. The summed E-state index contributed by atoms with van der Waals surface area (Å²) < 4.78 is 0. The quantitative estimate of drug-likeness (QED) is 0.590. The Morgan fingerprint density at radius 1 is 1.13 bits per heavy atom. The zero-order valence-corrected chi connectivity index (χ0v) is 10.6. The number of carbonyl (C=O) groups is 1. The predicted octanol–water partition coefficient (Wildman–Crippen LogP) is 3.74. The molecule has 0 N–H and O–H groups in total. The first kappa shape index (κ1) is 10.9. The van der Waals surface area contributed by atoms with Crippen LogP contribution in [0.1, 0.15) is 53.9 Å². The first-order chi connectivity index (χ1) is 6.80. The van der Waals surface area contributed by atoms with Crippen molar-refractivity contribution in [2.45, 2.75) is 53.9 Å². The SMILES string of the molecule is CC1C2=C(CCCC2=O)C(C)(C)C1(C)C. The molecule has 2 rings (SSSR count). The van der Waals surface area contributed by atoms with Crippen LogP contribution in [0.25, 0.3) is 0 Å². The number of carbonyl (C=O) groups excluding carboxylic acids is 1. The van der Waals surface area contributed by atoms with Crippen LogP contribution in [-0.4, -0.2) is 5.78 Å². The van der Waals surface area contributed by atoms with E-state index in [2.05, 4.69) is 34.6 Å². The molecule has 0 heterocycles. The van der Waals surface area contributed by atoms with Crippen LogP contribution < -0.4 is 0 Å². The van der Waals surface area contributed by atoms with Gasteiger partial charge in [-0.05, 0) is 35.2 Å². The average molecular weight is 206 g/mol. The summed E-state index contributed by atoms with van der Waals surface area (Å²) in [7, 11) is 0. The fourth-order valence-corrected chi connectivity index (χ4v) is 3.31. The molecule has 84 valence electrons. The van der Waals surface area contributed by atoms with E-state index < -0.39 is 0 Å². The maximum Gasteiger partial charge on any atom is 0.159 e. The second kappa shape index (κ2) is 2.96. The molecule has 0 aliphatic heterocycles. The van der Waals surface area contributed by atoms with Gasteiger partial charge in [0.25, 0.3) is 0 Å². The van der Waals surface area contributed by atoms with Crippen molar-refractivity contribution in [3.63, 3.8) is 0 Å². The van der Waals surface area contributed by atoms with Crippen LogP contribution in [0.5, 0.6) is 0 Å². The van der Waals surface area contributed by atoms with Crippen LogP contribution in [0.2, 0.25) is 0 Å². The van der Waals surface area contributed by atoms with Crippen molar-refractivity contribution in [2.75, 3.05) is 0 Å². The number of ketones is 1. The topological polar surface area (TPSA) is 17.1 Å². The third kappa shape index (κ3) is 1.18. The van der Waals surface area contributed by atoms with Crippen LogP contribution in [0.15, 0.2) is 11.1 Å². The first-order valence-electron chi connectivity index (χ1n) is 6.07. The molecule has 1 heteroatoms. The van der Waals surface area contributed by atoms with E-state index in [9.17, 15) is 4.79 Å². The summed E-state index contributed by atoms with van der Waals surface area (Å²) in [6.45, 7) is 11.5. The molecule has 0 saturated carbocycles. The van der Waals surface area contributed by atoms with Crippen molar-refractivity contribution in [3.05, 3.63) is 11.1 Å². The molecule has 1 atom stereocenters. The van der Waals surface area contributed by atoms with Crippen molar-refractivity contribution in [1.29, 1.82) is 0 Å². The van der Waals surface area contributed by atoms with E-state index in [0.29, 0.717) is 11.7 Å². The predicted molar refractivity (Wildman–Crippen MR) is 62.6 cm³/mol. The highest BCUT2D eigenvalue weighted by atomic mass is 16.1. The van der Waals surface area contributed by atoms with E-state index in [1.807, 2.05) is 0 Å². The maximum atomic E-state index is 12.0. The summed E-state index contributed by atoms with van der Waals surface area (Å²) in [5.74, 6) is 0.845. The standard InChI is InChI=1S/C14H22O/c1-9-12-10(7-6-8-11(12)15)14(4,5)13(9,2)3/h9H,6-8H2,1-5H3. The van der Waals surface area contributed by atoms with Gasteiger partial charge < -0.3 is 0 Å². The Morgan fingerprint density at radius 2 is 1.73 bits per heavy atom. The van der Waals surface area contributed by atoms with E-state index >= 15 is 0 Å². The third-order valence-corrected chi connectivity index (χ3v) is 5.34. The van der Waals surface area contributed by atoms with Gasteiger partial charge in [0, 0.05) is 6.42 Å². The molecule has 0 amide bonds. The number of hydrogen-bond donors (Lipinski definition) is 0. The smallest absolute Gasteiger partial charge is 0.159 e. The minimum Gasteiger partial charge on any atom is -0.295 e. The Balaban J connectivity index is 2.57. The molecule has 0 bridgehead atoms. The van der Waals surface area contributed by atoms with E-state index in [0.717, 1.165) is 19.3 Å². The molecular weight excluding hydrogens is 184 g/mol. The second-order valence-electron chi connectivity index (χ2n) is 6.24. The maximum absolute atomic E-state index is 12.0. The van der Waals surface area contributed by atoms with E-state index in [1.165, 1.54) is 11.1 Å². The van der Waals surface area contributed by atoms with Gasteiger partial charge in [-0.15, -0.1) is 0 Å². The van der Waals surface area contributed by atoms with Gasteiger partial charge in [-0.25, -0.2) is 0 Å². The molecule has 1 unspecified atom stereocenters. The number of rotatable bonds is 0. The molecule has 0 aromatic heterocycles. The molecule has 0 fully saturated rings. The highest BCUT2D eigenvalue weighted by Crippen LogP contribution is 2.60. The number of Topliss-reactive ketones (excluding diaryl/α,β-unsaturated/α-hetero) is 1. The Morgan fingerprint density at radius 3 is 2.27 bits per heavy atom. The first-order valence-corrected chi connectivity index (χ1v) is 6.07. The van der Waals surface area contributed by atoms with Crippen molar-refractivity contribution in [2.24, 2.45) is 16.7 Å². The third-order valence-electron chi connectivity index (χ3n) is 5.34. The van der Waals surface area contributed by atoms with Crippen molar-refractivity contribution in [3.8, 4) is 0 Å². The van der Waals surface area contributed by atoms with Crippen LogP contribution in [0.4, 0.5) is 0 Å². The lowest BCUT2D eigenvalue weighted by Crippen LogP contribution is -2.33. The van der Waals surface area contributed by atoms with Crippen LogP contribution in [0, 0.1) is 16.7 Å². The van der Waals surface area contributed by atoms with Gasteiger partial charge in [0.2, 0.25) is 0 Å². The summed E-state index contributed by atoms with van der Waals surface area (Å²) in [5.41, 5.74) is 3.04. The summed E-state index contributed by atoms with van der Waals surface area (Å²) in [4.78, 5) is 12.0. The lowest BCUT2D eigenvalue weighted by atomic mass is 9.64. The number of allylic oxidation sites excluding steroid dienone is 2. The van der Waals surface area contributed by atoms with E-state index in [1.54, 1.807) is 0 Å². The number of hydrogen-bond acceptors (Lipinski definition) is 1. The van der Waals surface area contributed by atoms with Gasteiger partial charge in [-0.3, -0.25) is 4.79 Å². The Kier molecular flexibility index (Phi) is 2.15. The van der Waals surface area contributed by atoms with Gasteiger partial charge in [0.05, 0.1) is 0 Å². The zero-order chi connectivity index (χ0) is 11.4. The van der Waals surface area contributed by atoms with Crippen molar-refractivity contribution >= 4 is 5.78 Å². The average Bonchev–Trinajstić information content (AvgIpc) is 2.27. The minimum absolute atomic E-state index is 0.192. The second-order valence-corrected chi connectivity index (χ2v) is 6.24. The molecule has 1 nitrogen and oxygen atoms in total. The summed E-state index contributed by atoms with van der Waals surface area (Å²) in [5, 5.41) is 0. The molecule has 2 aliphatic carbocycles. The molecule has 15 heavy (non-hydrogen) atoms. The molecule has 0 aromatic rings. The Hall–Kier alpha value is -0.590. The van der Waals surface area contributed by atoms with Gasteiger partial charge in [0.1, 0.15) is 0 Å².